The second kappa shape index (κ2) is 12.5. The van der Waals surface area contributed by atoms with Crippen molar-refractivity contribution in [2.75, 3.05) is 0 Å². The Balaban J connectivity index is 1.27. The molecule has 30 heavy (non-hydrogen) atoms. The van der Waals surface area contributed by atoms with Crippen LogP contribution in [0, 0.1) is 29.3 Å². The molecule has 0 nitrogen and oxygen atoms in total. The van der Waals surface area contributed by atoms with Gasteiger partial charge >= 0.3 is 0 Å². The second-order valence-corrected chi connectivity index (χ2v) is 15.8. The highest BCUT2D eigenvalue weighted by Gasteiger charge is 2.25. The number of halogens is 3. The summed E-state index contributed by atoms with van der Waals surface area (Å²) in [6.45, 7) is 2.31. The molecular weight excluding hydrogens is 413 g/mol. The largest absolute Gasteiger partial charge is 0.204 e. The zero-order valence-electron chi connectivity index (χ0n) is 18.9. The number of unbranched alkanes of at least 4 members (excludes halogenated alkanes) is 3. The molecule has 0 bridgehead atoms. The lowest BCUT2D eigenvalue weighted by Crippen LogP contribution is -2.21. The molecule has 0 spiro atoms. The van der Waals surface area contributed by atoms with E-state index in [0.717, 1.165) is 18.3 Å². The second-order valence-electron chi connectivity index (χ2n) is 10.2. The van der Waals surface area contributed by atoms with Crippen molar-refractivity contribution in [2.45, 2.75) is 107 Å². The highest BCUT2D eigenvalue weighted by molar-refractivity contribution is 6.58. The molecule has 1 aromatic carbocycles. The monoisotopic (exact) mass is 454 g/mol. The number of benzene rings is 1. The molecule has 2 saturated heterocycles. The van der Waals surface area contributed by atoms with Gasteiger partial charge in [0.15, 0.2) is 17.5 Å². The lowest BCUT2D eigenvalue weighted by atomic mass is 9.91. The van der Waals surface area contributed by atoms with Gasteiger partial charge in [0.05, 0.1) is 0 Å². The lowest BCUT2D eigenvalue weighted by Gasteiger charge is -2.29. The molecule has 3 rings (SSSR count). The maximum Gasteiger partial charge on any atom is 0.194 e. The molecule has 0 saturated carbocycles. The predicted octanol–water partition coefficient (Wildman–Crippen LogP) is 7.53. The number of hydrogen-bond donors (Lipinski definition) is 0. The third kappa shape index (κ3) is 7.25. The minimum absolute atomic E-state index is 0.322. The van der Waals surface area contributed by atoms with Crippen molar-refractivity contribution in [1.29, 1.82) is 0 Å². The van der Waals surface area contributed by atoms with E-state index in [0.29, 0.717) is 11.1 Å². The molecule has 0 N–H and O–H groups in total. The summed E-state index contributed by atoms with van der Waals surface area (Å²) < 4.78 is 40.2. The fourth-order valence-electron chi connectivity index (χ4n) is 5.95. The summed E-state index contributed by atoms with van der Waals surface area (Å²) in [5.74, 6) is -1.56. The first-order valence-electron chi connectivity index (χ1n) is 12.7. The molecule has 2 aliphatic rings. The molecule has 1 aromatic rings. The van der Waals surface area contributed by atoms with Gasteiger partial charge < -0.3 is 0 Å². The third-order valence-corrected chi connectivity index (χ3v) is 14.2. The minimum atomic E-state index is -1.33. The van der Waals surface area contributed by atoms with Crippen LogP contribution in [-0.4, -0.2) is 18.3 Å². The number of rotatable bonds is 10. The van der Waals surface area contributed by atoms with Crippen molar-refractivity contribution >= 4 is 18.3 Å². The van der Waals surface area contributed by atoms with Crippen LogP contribution in [0.5, 0.6) is 0 Å². The number of hydrogen-bond acceptors (Lipinski definition) is 0. The van der Waals surface area contributed by atoms with Gasteiger partial charge in [-0.1, -0.05) is 95.3 Å². The Hall–Kier alpha value is -0.556. The van der Waals surface area contributed by atoms with E-state index in [9.17, 15) is 13.2 Å². The Bertz CT molecular complexity index is 612. The van der Waals surface area contributed by atoms with Crippen LogP contribution in [0.4, 0.5) is 13.2 Å². The standard InChI is InChI=1S/C25H41F3Si2/c1-2-3-6-13-30-14-11-19(12-15-30)7-4-5-8-20-9-10-24(29-18-20)21-16-22(26)25(28)23(27)17-21/h16-17,19-20,24,30H,2-15,18,29H2,1H3/t19-,20-,24+,30-/m0/s1. The van der Waals surface area contributed by atoms with E-state index in [1.807, 2.05) is 0 Å². The summed E-state index contributed by atoms with van der Waals surface area (Å²) in [5.41, 5.74) is 1.02. The molecule has 2 fully saturated rings. The zero-order valence-corrected chi connectivity index (χ0v) is 21.5. The molecule has 2 heterocycles. The first kappa shape index (κ1) is 24.1. The summed E-state index contributed by atoms with van der Waals surface area (Å²) >= 11 is 0. The Morgan fingerprint density at radius 2 is 1.53 bits per heavy atom. The average molecular weight is 455 g/mol. The third-order valence-electron chi connectivity index (χ3n) is 7.98. The van der Waals surface area contributed by atoms with E-state index in [1.54, 1.807) is 18.1 Å². The van der Waals surface area contributed by atoms with Gasteiger partial charge in [0, 0.05) is 18.3 Å². The van der Waals surface area contributed by atoms with Crippen molar-refractivity contribution < 1.29 is 13.2 Å². The van der Waals surface area contributed by atoms with E-state index in [1.165, 1.54) is 82.4 Å². The Kier molecular flexibility index (Phi) is 10.0. The van der Waals surface area contributed by atoms with E-state index in [2.05, 4.69) is 6.92 Å². The fourth-order valence-corrected chi connectivity index (χ4v) is 12.1. The summed E-state index contributed by atoms with van der Waals surface area (Å²) in [6.07, 6.45) is 15.1. The smallest absolute Gasteiger partial charge is 0.194 e. The van der Waals surface area contributed by atoms with Crippen molar-refractivity contribution in [2.24, 2.45) is 11.8 Å². The highest BCUT2D eigenvalue weighted by atomic mass is 28.3. The Morgan fingerprint density at radius 1 is 0.867 bits per heavy atom. The maximum atomic E-state index is 13.5. The van der Waals surface area contributed by atoms with Crippen LogP contribution in [0.3, 0.4) is 0 Å². The van der Waals surface area contributed by atoms with Crippen molar-refractivity contribution in [3.63, 3.8) is 0 Å². The molecule has 170 valence electrons. The molecule has 0 aromatic heterocycles. The van der Waals surface area contributed by atoms with Crippen molar-refractivity contribution in [3.8, 4) is 0 Å². The lowest BCUT2D eigenvalue weighted by molar-refractivity contribution is 0.383. The zero-order chi connectivity index (χ0) is 21.3. The van der Waals surface area contributed by atoms with Crippen molar-refractivity contribution in [1.82, 2.24) is 0 Å². The van der Waals surface area contributed by atoms with Gasteiger partial charge in [0.1, 0.15) is 0 Å². The van der Waals surface area contributed by atoms with Crippen LogP contribution in [0.25, 0.3) is 0 Å². The van der Waals surface area contributed by atoms with Crippen LogP contribution < -0.4 is 0 Å². The van der Waals surface area contributed by atoms with Gasteiger partial charge in [0.2, 0.25) is 0 Å². The first-order chi connectivity index (χ1) is 14.6. The SMILES string of the molecule is CCCCC[Si@H]1CC[C@H](CCCC[C@H]2CC[C@H](c3cc(F)c(F)c(F)c3)[SiH2]C2)CC1. The molecule has 5 heteroatoms. The van der Waals surface area contributed by atoms with Gasteiger partial charge in [-0.2, -0.15) is 0 Å². The molecule has 0 radical (unpaired) electrons. The maximum absolute atomic E-state index is 13.5. The van der Waals surface area contributed by atoms with Gasteiger partial charge in [0.25, 0.3) is 0 Å². The molecule has 2 atom stereocenters. The summed E-state index contributed by atoms with van der Waals surface area (Å²) in [4.78, 5) is 0. The van der Waals surface area contributed by atoms with E-state index in [4.69, 9.17) is 0 Å². The van der Waals surface area contributed by atoms with Gasteiger partial charge in [-0.3, -0.25) is 0 Å². The molecule has 0 aliphatic carbocycles. The van der Waals surface area contributed by atoms with Gasteiger partial charge in [-0.25, -0.2) is 13.2 Å². The van der Waals surface area contributed by atoms with Gasteiger partial charge in [-0.15, -0.1) is 0 Å². The first-order valence-corrected chi connectivity index (χ1v) is 17.0. The fraction of sp³-hybridized carbons (Fsp3) is 0.760. The molecule has 0 unspecified atom stereocenters. The van der Waals surface area contributed by atoms with Crippen LogP contribution in [0.15, 0.2) is 12.1 Å². The van der Waals surface area contributed by atoms with Crippen LogP contribution in [0.2, 0.25) is 24.2 Å². The van der Waals surface area contributed by atoms with E-state index < -0.39 is 17.5 Å². The normalized spacial score (nSPS) is 28.1. The Labute approximate surface area is 185 Å². The van der Waals surface area contributed by atoms with Crippen LogP contribution in [0.1, 0.15) is 88.7 Å². The minimum Gasteiger partial charge on any atom is -0.204 e. The molecular formula is C25H41F3Si2. The summed E-state index contributed by atoms with van der Waals surface area (Å²) in [5, 5.41) is 0. The predicted molar refractivity (Wildman–Crippen MR) is 127 cm³/mol. The van der Waals surface area contributed by atoms with E-state index in [-0.39, 0.29) is 18.3 Å². The highest BCUT2D eigenvalue weighted by Crippen LogP contribution is 2.36. The topological polar surface area (TPSA) is 0 Å². The summed E-state index contributed by atoms with van der Waals surface area (Å²) in [6, 6.07) is 8.56. The summed E-state index contributed by atoms with van der Waals surface area (Å²) in [7, 11) is -0.752. The van der Waals surface area contributed by atoms with Crippen molar-refractivity contribution in [3.05, 3.63) is 35.1 Å². The van der Waals surface area contributed by atoms with Gasteiger partial charge in [-0.05, 0) is 41.5 Å². The van der Waals surface area contributed by atoms with E-state index >= 15 is 0 Å². The average Bonchev–Trinajstić information content (AvgIpc) is 2.76. The molecule has 0 amide bonds. The van der Waals surface area contributed by atoms with Crippen LogP contribution >= 0.6 is 0 Å². The molecule has 2 aliphatic heterocycles. The van der Waals surface area contributed by atoms with Crippen LogP contribution in [-0.2, 0) is 0 Å². The quantitative estimate of drug-likeness (QED) is 0.195. The Morgan fingerprint density at radius 3 is 2.13 bits per heavy atom.